The molecule has 0 aliphatic carbocycles. The van der Waals surface area contributed by atoms with Crippen LogP contribution in [-0.4, -0.2) is 74.7 Å². The Morgan fingerprint density at radius 2 is 1.82 bits per heavy atom. The molecule has 1 aliphatic rings. The molecule has 1 aromatic heterocycles. The van der Waals surface area contributed by atoms with Gasteiger partial charge in [-0.05, 0) is 6.07 Å². The first-order chi connectivity index (χ1) is 13.0. The molecular formula is C15H16F3NO9. The Labute approximate surface area is 155 Å². The van der Waals surface area contributed by atoms with Crippen molar-refractivity contribution in [1.29, 1.82) is 0 Å². The zero-order chi connectivity index (χ0) is 21.1. The van der Waals surface area contributed by atoms with Gasteiger partial charge < -0.3 is 34.6 Å². The molecule has 1 saturated heterocycles. The number of pyridine rings is 1. The van der Waals surface area contributed by atoms with Crippen LogP contribution in [0.15, 0.2) is 18.2 Å². The summed E-state index contributed by atoms with van der Waals surface area (Å²) in [7, 11) is 0. The Kier molecular flexibility index (Phi) is 6.77. The zero-order valence-corrected chi connectivity index (χ0v) is 13.9. The van der Waals surface area contributed by atoms with E-state index in [0.29, 0.717) is 6.07 Å². The first kappa shape index (κ1) is 21.8. The molecule has 1 aromatic rings. The van der Waals surface area contributed by atoms with E-state index in [1.165, 1.54) is 0 Å². The summed E-state index contributed by atoms with van der Waals surface area (Å²) in [6, 6.07) is 2.73. The van der Waals surface area contributed by atoms with Crippen LogP contribution < -0.4 is 4.74 Å². The number of halogens is 3. The van der Waals surface area contributed by atoms with E-state index < -0.39 is 73.4 Å². The largest absolute Gasteiger partial charge is 0.481 e. The first-order valence-electron chi connectivity index (χ1n) is 7.77. The van der Waals surface area contributed by atoms with E-state index >= 15 is 0 Å². The normalized spacial score (nSPS) is 27.9. The number of aliphatic hydroxyl groups is 3. The summed E-state index contributed by atoms with van der Waals surface area (Å²) >= 11 is 0. The van der Waals surface area contributed by atoms with E-state index in [-0.39, 0.29) is 0 Å². The third-order valence-electron chi connectivity index (χ3n) is 3.62. The molecule has 0 saturated carbocycles. The van der Waals surface area contributed by atoms with Gasteiger partial charge in [0.25, 0.3) is 0 Å². The molecule has 0 amide bonds. The lowest BCUT2D eigenvalue weighted by Crippen LogP contribution is -2.60. The molecule has 28 heavy (non-hydrogen) atoms. The van der Waals surface area contributed by atoms with Gasteiger partial charge in [-0.1, -0.05) is 6.07 Å². The van der Waals surface area contributed by atoms with Crippen LogP contribution in [0, 0.1) is 0 Å². The number of esters is 1. The van der Waals surface area contributed by atoms with Crippen molar-refractivity contribution in [3.05, 3.63) is 23.9 Å². The summed E-state index contributed by atoms with van der Waals surface area (Å²) in [5.41, 5.74) is -1.27. The van der Waals surface area contributed by atoms with Crippen molar-refractivity contribution in [3.8, 4) is 5.88 Å². The predicted molar refractivity (Wildman–Crippen MR) is 79.8 cm³/mol. The highest BCUT2D eigenvalue weighted by Crippen LogP contribution is 2.30. The summed E-state index contributed by atoms with van der Waals surface area (Å²) in [5, 5.41) is 38.1. The molecule has 0 aromatic carbocycles. The highest BCUT2D eigenvalue weighted by atomic mass is 19.4. The predicted octanol–water partition coefficient (Wildman–Crippen LogP) is -0.695. The molecular weight excluding hydrogens is 395 g/mol. The number of ether oxygens (including phenoxy) is 3. The molecule has 2 rings (SSSR count). The Morgan fingerprint density at radius 3 is 2.43 bits per heavy atom. The number of carbonyl (C=O) groups excluding carboxylic acids is 1. The van der Waals surface area contributed by atoms with E-state index in [0.717, 1.165) is 12.1 Å². The lowest BCUT2D eigenvalue weighted by Gasteiger charge is -2.39. The number of rotatable bonds is 6. The minimum absolute atomic E-state index is 0.580. The number of carboxylic acid groups (broad SMARTS) is 1. The maximum atomic E-state index is 12.7. The topological polar surface area (TPSA) is 156 Å². The summed E-state index contributed by atoms with van der Waals surface area (Å²) in [4.78, 5) is 24.9. The van der Waals surface area contributed by atoms with E-state index in [2.05, 4.69) is 9.72 Å². The van der Waals surface area contributed by atoms with Crippen molar-refractivity contribution in [2.24, 2.45) is 0 Å². The highest BCUT2D eigenvalue weighted by molar-refractivity contribution is 5.90. The van der Waals surface area contributed by atoms with Gasteiger partial charge in [-0.25, -0.2) is 4.98 Å². The van der Waals surface area contributed by atoms with Crippen LogP contribution in [0.5, 0.6) is 5.88 Å². The zero-order valence-electron chi connectivity index (χ0n) is 13.9. The maximum Gasteiger partial charge on any atom is 0.433 e. The molecule has 5 atom stereocenters. The molecule has 0 radical (unpaired) electrons. The van der Waals surface area contributed by atoms with Crippen molar-refractivity contribution in [3.63, 3.8) is 0 Å². The smallest absolute Gasteiger partial charge is 0.433 e. The number of carbonyl (C=O) groups is 2. The number of aromatic nitrogens is 1. The van der Waals surface area contributed by atoms with E-state index in [4.69, 9.17) is 14.6 Å². The summed E-state index contributed by atoms with van der Waals surface area (Å²) in [6.45, 7) is -0.701. The molecule has 10 nitrogen and oxygen atoms in total. The third-order valence-corrected chi connectivity index (χ3v) is 3.62. The number of alkyl halides is 3. The number of aliphatic carboxylic acids is 1. The van der Waals surface area contributed by atoms with Gasteiger partial charge in [0.1, 0.15) is 43.1 Å². The van der Waals surface area contributed by atoms with Gasteiger partial charge in [-0.2, -0.15) is 13.2 Å². The van der Waals surface area contributed by atoms with Crippen molar-refractivity contribution < 1.29 is 57.4 Å². The lowest BCUT2D eigenvalue weighted by atomic mass is 9.99. The maximum absolute atomic E-state index is 12.7. The molecule has 0 unspecified atom stereocenters. The van der Waals surface area contributed by atoms with Crippen LogP contribution in [-0.2, 0) is 25.2 Å². The molecule has 1 aliphatic heterocycles. The molecule has 1 fully saturated rings. The van der Waals surface area contributed by atoms with Gasteiger partial charge in [0.05, 0.1) is 0 Å². The molecule has 0 bridgehead atoms. The first-order valence-corrected chi connectivity index (χ1v) is 7.77. The standard InChI is InChI=1S/C15H16F3NO9/c16-15(17,18)7-2-1-3-8(19-7)28-14-13(25)12(24)11(23)6(27-14)5-26-10(22)4-9(20)21/h1-3,6,11-14,23-25H,4-5H2,(H,20,21)/t6-,11-,12+,13-,14-/m1/s1. The van der Waals surface area contributed by atoms with Crippen molar-refractivity contribution in [2.75, 3.05) is 6.61 Å². The number of nitrogens with zero attached hydrogens (tertiary/aromatic N) is 1. The molecule has 4 N–H and O–H groups in total. The third kappa shape index (κ3) is 5.51. The van der Waals surface area contributed by atoms with Crippen molar-refractivity contribution in [1.82, 2.24) is 4.98 Å². The summed E-state index contributed by atoms with van der Waals surface area (Å²) in [5.74, 6) is -3.19. The Hall–Kier alpha value is -2.48. The molecule has 0 spiro atoms. The van der Waals surface area contributed by atoms with Crippen LogP contribution in [0.3, 0.4) is 0 Å². The number of hydrogen-bond donors (Lipinski definition) is 4. The fourth-order valence-corrected chi connectivity index (χ4v) is 2.26. The minimum Gasteiger partial charge on any atom is -0.481 e. The fraction of sp³-hybridized carbons (Fsp3) is 0.533. The Bertz CT molecular complexity index is 714. The molecule has 13 heteroatoms. The average Bonchev–Trinajstić information content (AvgIpc) is 2.60. The van der Waals surface area contributed by atoms with Crippen molar-refractivity contribution >= 4 is 11.9 Å². The number of aliphatic hydroxyl groups excluding tert-OH is 3. The van der Waals surface area contributed by atoms with Crippen LogP contribution >= 0.6 is 0 Å². The monoisotopic (exact) mass is 411 g/mol. The second-order valence-electron chi connectivity index (χ2n) is 5.74. The quantitative estimate of drug-likeness (QED) is 0.349. The van der Waals surface area contributed by atoms with Gasteiger partial charge >= 0.3 is 18.1 Å². The second kappa shape index (κ2) is 8.68. The van der Waals surface area contributed by atoms with Crippen LogP contribution in [0.2, 0.25) is 0 Å². The fourth-order valence-electron chi connectivity index (χ4n) is 2.26. The SMILES string of the molecule is O=C(O)CC(=O)OC[C@H]1O[C@H](Oc2cccc(C(F)(F)F)n2)[C@H](O)[C@@H](O)[C@@H]1O. The minimum atomic E-state index is -4.75. The highest BCUT2D eigenvalue weighted by Gasteiger charge is 2.46. The van der Waals surface area contributed by atoms with Crippen LogP contribution in [0.1, 0.15) is 12.1 Å². The summed E-state index contributed by atoms with van der Waals surface area (Å²) in [6.07, 6.45) is -14.4. The number of carboxylic acids is 1. The van der Waals surface area contributed by atoms with Gasteiger partial charge in [-0.3, -0.25) is 9.59 Å². The summed E-state index contributed by atoms with van der Waals surface area (Å²) < 4.78 is 52.9. The van der Waals surface area contributed by atoms with E-state index in [9.17, 15) is 38.1 Å². The Balaban J connectivity index is 2.07. The van der Waals surface area contributed by atoms with Crippen molar-refractivity contribution in [2.45, 2.75) is 43.3 Å². The molecule has 2 heterocycles. The molecule has 156 valence electrons. The van der Waals surface area contributed by atoms with Gasteiger partial charge in [0, 0.05) is 6.07 Å². The average molecular weight is 411 g/mol. The van der Waals surface area contributed by atoms with Crippen LogP contribution in [0.4, 0.5) is 13.2 Å². The number of hydrogen-bond acceptors (Lipinski definition) is 9. The van der Waals surface area contributed by atoms with Gasteiger partial charge in [0.2, 0.25) is 12.2 Å². The van der Waals surface area contributed by atoms with Crippen LogP contribution in [0.25, 0.3) is 0 Å². The Morgan fingerprint density at radius 1 is 1.14 bits per heavy atom. The second-order valence-corrected chi connectivity index (χ2v) is 5.74. The lowest BCUT2D eigenvalue weighted by molar-refractivity contribution is -0.279. The van der Waals surface area contributed by atoms with E-state index in [1.54, 1.807) is 0 Å². The van der Waals surface area contributed by atoms with Gasteiger partial charge in [0.15, 0.2) is 0 Å². The van der Waals surface area contributed by atoms with Gasteiger partial charge in [-0.15, -0.1) is 0 Å². The van der Waals surface area contributed by atoms with E-state index in [1.807, 2.05) is 0 Å².